The van der Waals surface area contributed by atoms with Gasteiger partial charge in [-0.25, -0.2) is 8.42 Å². The van der Waals surface area contributed by atoms with Crippen LogP contribution in [0.5, 0.6) is 5.75 Å². The van der Waals surface area contributed by atoms with Gasteiger partial charge in [0, 0.05) is 6.61 Å². The predicted molar refractivity (Wildman–Crippen MR) is 122 cm³/mol. The predicted octanol–water partition coefficient (Wildman–Crippen LogP) is 5.37. The van der Waals surface area contributed by atoms with Crippen LogP contribution in [0.15, 0.2) is 47.4 Å². The molecule has 7 heteroatoms. The molecule has 2 rings (SSSR count). The molecular formula is C22H33NO4SSi. The molecule has 0 amide bonds. The van der Waals surface area contributed by atoms with E-state index in [1.165, 1.54) is 0 Å². The zero-order valence-electron chi connectivity index (χ0n) is 18.5. The molecule has 0 aliphatic heterocycles. The van der Waals surface area contributed by atoms with Gasteiger partial charge < -0.3 is 9.16 Å². The van der Waals surface area contributed by atoms with Crippen molar-refractivity contribution in [2.75, 3.05) is 18.4 Å². The average molecular weight is 436 g/mol. The third-order valence-corrected chi connectivity index (χ3v) is 11.4. The van der Waals surface area contributed by atoms with Gasteiger partial charge in [-0.3, -0.25) is 4.72 Å². The van der Waals surface area contributed by atoms with Gasteiger partial charge >= 0.3 is 0 Å². The summed E-state index contributed by atoms with van der Waals surface area (Å²) in [5, 5.41) is 0.122. The minimum absolute atomic E-state index is 0.122. The second kappa shape index (κ2) is 8.89. The number of sulfonamides is 1. The van der Waals surface area contributed by atoms with E-state index in [9.17, 15) is 8.42 Å². The van der Waals surface area contributed by atoms with Crippen LogP contribution in [0.25, 0.3) is 0 Å². The van der Waals surface area contributed by atoms with Crippen LogP contribution in [0, 0.1) is 6.92 Å². The highest BCUT2D eigenvalue weighted by Gasteiger charge is 2.36. The van der Waals surface area contributed by atoms with Crippen LogP contribution in [0.3, 0.4) is 0 Å². The molecule has 2 aromatic carbocycles. The van der Waals surface area contributed by atoms with Gasteiger partial charge in [0.15, 0.2) is 8.32 Å². The summed E-state index contributed by atoms with van der Waals surface area (Å²) in [5.74, 6) is 0.686. The van der Waals surface area contributed by atoms with Crippen LogP contribution >= 0.6 is 0 Å². The first kappa shape index (κ1) is 23.4. The molecule has 0 aliphatic carbocycles. The highest BCUT2D eigenvalue weighted by molar-refractivity contribution is 7.92. The first-order chi connectivity index (χ1) is 13.4. The van der Waals surface area contributed by atoms with E-state index in [0.29, 0.717) is 24.5 Å². The van der Waals surface area contributed by atoms with E-state index in [4.69, 9.17) is 9.16 Å². The topological polar surface area (TPSA) is 64.6 Å². The Labute approximate surface area is 176 Å². The van der Waals surface area contributed by atoms with Gasteiger partial charge in [-0.2, -0.15) is 0 Å². The summed E-state index contributed by atoms with van der Waals surface area (Å²) in [6.07, 6.45) is 0.593. The Balaban J connectivity index is 2.23. The Hall–Kier alpha value is -1.83. The number of hydrogen-bond donors (Lipinski definition) is 1. The fourth-order valence-corrected chi connectivity index (χ4v) is 4.70. The summed E-state index contributed by atoms with van der Waals surface area (Å²) < 4.78 is 40.0. The summed E-state index contributed by atoms with van der Waals surface area (Å²) in [5.41, 5.74) is 2.40. The summed E-state index contributed by atoms with van der Waals surface area (Å²) in [7, 11) is -3.95. The van der Waals surface area contributed by atoms with Crippen LogP contribution in [0.1, 0.15) is 31.9 Å². The van der Waals surface area contributed by atoms with Gasteiger partial charge in [0.05, 0.1) is 17.7 Å². The third-order valence-electron chi connectivity index (χ3n) is 5.53. The minimum atomic E-state index is -3.67. The van der Waals surface area contributed by atoms with Crippen molar-refractivity contribution in [2.45, 2.75) is 57.1 Å². The van der Waals surface area contributed by atoms with Gasteiger partial charge in [0.1, 0.15) is 5.75 Å². The lowest BCUT2D eigenvalue weighted by atomic mass is 10.1. The first-order valence-electron chi connectivity index (χ1n) is 9.76. The highest BCUT2D eigenvalue weighted by atomic mass is 32.2. The van der Waals surface area contributed by atoms with Gasteiger partial charge in [-0.15, -0.1) is 0 Å². The molecule has 0 bridgehead atoms. The van der Waals surface area contributed by atoms with Crippen molar-refractivity contribution in [3.63, 3.8) is 0 Å². The van der Waals surface area contributed by atoms with E-state index in [1.54, 1.807) is 43.5 Å². The number of aryl methyl sites for hydroxylation is 1. The second-order valence-corrected chi connectivity index (χ2v) is 15.3. The Kier molecular flexibility index (Phi) is 7.19. The van der Waals surface area contributed by atoms with E-state index in [-0.39, 0.29) is 9.93 Å². The lowest BCUT2D eigenvalue weighted by Crippen LogP contribution is -2.41. The van der Waals surface area contributed by atoms with Gasteiger partial charge in [0.25, 0.3) is 10.0 Å². The maximum atomic E-state index is 12.8. The molecule has 0 heterocycles. The molecule has 160 valence electrons. The second-order valence-electron chi connectivity index (χ2n) is 8.80. The minimum Gasteiger partial charge on any atom is -0.497 e. The number of hydrogen-bond acceptors (Lipinski definition) is 4. The summed E-state index contributed by atoms with van der Waals surface area (Å²) in [4.78, 5) is 0.238. The highest BCUT2D eigenvalue weighted by Crippen LogP contribution is 2.36. The van der Waals surface area contributed by atoms with E-state index in [2.05, 4.69) is 38.6 Å². The van der Waals surface area contributed by atoms with Crippen molar-refractivity contribution in [2.24, 2.45) is 0 Å². The molecule has 0 radical (unpaired) electrons. The summed E-state index contributed by atoms with van der Waals surface area (Å²) in [6.45, 7) is 13.5. The maximum Gasteiger partial charge on any atom is 0.261 e. The molecule has 29 heavy (non-hydrogen) atoms. The monoisotopic (exact) mass is 435 g/mol. The number of ether oxygens (including phenoxy) is 1. The quantitative estimate of drug-likeness (QED) is 0.566. The third kappa shape index (κ3) is 6.07. The van der Waals surface area contributed by atoms with E-state index in [0.717, 1.165) is 11.1 Å². The molecule has 0 aromatic heterocycles. The van der Waals surface area contributed by atoms with Crippen LogP contribution in [0.4, 0.5) is 5.69 Å². The zero-order valence-corrected chi connectivity index (χ0v) is 20.3. The SMILES string of the molecule is COc1ccc(NS(=O)(=O)c2ccc(C)cc2)c(CCO[Si](C)(C)C(C)(C)C)c1. The molecule has 2 aromatic rings. The molecule has 0 spiro atoms. The Morgan fingerprint density at radius 2 is 1.66 bits per heavy atom. The van der Waals surface area contributed by atoms with Crippen LogP contribution < -0.4 is 9.46 Å². The Morgan fingerprint density at radius 3 is 2.21 bits per heavy atom. The average Bonchev–Trinajstić information content (AvgIpc) is 2.62. The van der Waals surface area contributed by atoms with E-state index in [1.807, 2.05) is 13.0 Å². The Morgan fingerprint density at radius 1 is 1.03 bits per heavy atom. The standard InChI is InChI=1S/C22H33NO4SSi/c1-17-8-11-20(12-9-17)28(24,25)23-21-13-10-19(26-5)16-18(21)14-15-27-29(6,7)22(2,3)4/h8-13,16,23H,14-15H2,1-7H3. The van der Waals surface area contributed by atoms with Gasteiger partial charge in [-0.05, 0) is 67.4 Å². The molecule has 0 atom stereocenters. The van der Waals surface area contributed by atoms with Crippen molar-refractivity contribution in [3.8, 4) is 5.75 Å². The number of anilines is 1. The number of benzene rings is 2. The molecular weight excluding hydrogens is 402 g/mol. The zero-order chi connectivity index (χ0) is 21.9. The fraction of sp³-hybridized carbons (Fsp3) is 0.455. The molecule has 5 nitrogen and oxygen atoms in total. The molecule has 0 unspecified atom stereocenters. The van der Waals surface area contributed by atoms with E-state index < -0.39 is 18.3 Å². The summed E-state index contributed by atoms with van der Waals surface area (Å²) >= 11 is 0. The molecule has 0 aliphatic rings. The van der Waals surface area contributed by atoms with Crippen molar-refractivity contribution >= 4 is 24.0 Å². The largest absolute Gasteiger partial charge is 0.497 e. The van der Waals surface area contributed by atoms with Gasteiger partial charge in [-0.1, -0.05) is 38.5 Å². The smallest absolute Gasteiger partial charge is 0.261 e. The van der Waals surface area contributed by atoms with Crippen molar-refractivity contribution < 1.29 is 17.6 Å². The maximum absolute atomic E-state index is 12.8. The normalized spacial score (nSPS) is 12.7. The van der Waals surface area contributed by atoms with Crippen LogP contribution in [0.2, 0.25) is 18.1 Å². The lowest BCUT2D eigenvalue weighted by molar-refractivity contribution is 0.292. The number of nitrogens with one attached hydrogen (secondary N) is 1. The lowest BCUT2D eigenvalue weighted by Gasteiger charge is -2.36. The Bertz CT molecular complexity index is 932. The number of methoxy groups -OCH3 is 1. The van der Waals surface area contributed by atoms with Crippen molar-refractivity contribution in [1.82, 2.24) is 0 Å². The molecule has 0 fully saturated rings. The van der Waals surface area contributed by atoms with Crippen molar-refractivity contribution in [3.05, 3.63) is 53.6 Å². The first-order valence-corrected chi connectivity index (χ1v) is 14.2. The van der Waals surface area contributed by atoms with Crippen LogP contribution in [-0.2, 0) is 20.9 Å². The fourth-order valence-electron chi connectivity index (χ4n) is 2.56. The molecule has 1 N–H and O–H groups in total. The van der Waals surface area contributed by atoms with Gasteiger partial charge in [0.2, 0.25) is 0 Å². The molecule has 0 saturated heterocycles. The van der Waals surface area contributed by atoms with E-state index >= 15 is 0 Å². The van der Waals surface area contributed by atoms with Crippen LogP contribution in [-0.4, -0.2) is 30.5 Å². The van der Waals surface area contributed by atoms with Crippen molar-refractivity contribution in [1.29, 1.82) is 0 Å². The summed E-state index contributed by atoms with van der Waals surface area (Å²) in [6, 6.07) is 12.2. The molecule has 0 saturated carbocycles. The number of rotatable bonds is 8.